The minimum Gasteiger partial charge on any atom is -0.381 e. The molecule has 2 unspecified atom stereocenters. The Morgan fingerprint density at radius 3 is 2.94 bits per heavy atom. The summed E-state index contributed by atoms with van der Waals surface area (Å²) >= 11 is 0. The maximum Gasteiger partial charge on any atom is 0.0587 e. The van der Waals surface area contributed by atoms with Crippen molar-refractivity contribution in [2.24, 2.45) is 0 Å². The summed E-state index contributed by atoms with van der Waals surface area (Å²) in [6, 6.07) is 0.657. The molecule has 16 heavy (non-hydrogen) atoms. The number of ether oxygens (including phenoxy) is 2. The first-order valence-corrected chi connectivity index (χ1v) is 6.79. The first-order valence-electron chi connectivity index (χ1n) is 6.79. The molecule has 96 valence electrons. The molecule has 0 saturated carbocycles. The van der Waals surface area contributed by atoms with Crippen molar-refractivity contribution in [3.63, 3.8) is 0 Å². The molecule has 1 aliphatic heterocycles. The minimum absolute atomic E-state index is 0.475. The zero-order chi connectivity index (χ0) is 11.6. The molecule has 0 aromatic carbocycles. The molecule has 0 amide bonds. The van der Waals surface area contributed by atoms with Gasteiger partial charge in [-0.25, -0.2) is 0 Å². The quantitative estimate of drug-likeness (QED) is 0.648. The van der Waals surface area contributed by atoms with Crippen LogP contribution in [0, 0.1) is 0 Å². The lowest BCUT2D eigenvalue weighted by Crippen LogP contribution is -2.39. The Labute approximate surface area is 99.9 Å². The van der Waals surface area contributed by atoms with Crippen molar-refractivity contribution in [2.45, 2.75) is 58.1 Å². The van der Waals surface area contributed by atoms with E-state index in [1.807, 2.05) is 0 Å². The lowest BCUT2D eigenvalue weighted by Gasteiger charge is -2.29. The Morgan fingerprint density at radius 2 is 2.19 bits per heavy atom. The molecule has 1 fully saturated rings. The van der Waals surface area contributed by atoms with Crippen molar-refractivity contribution in [2.75, 3.05) is 26.4 Å². The highest BCUT2D eigenvalue weighted by molar-refractivity contribution is 4.75. The Balaban J connectivity index is 1.95. The van der Waals surface area contributed by atoms with Gasteiger partial charge in [0.2, 0.25) is 0 Å². The van der Waals surface area contributed by atoms with Crippen LogP contribution in [-0.4, -0.2) is 38.5 Å². The molecule has 3 nitrogen and oxygen atoms in total. The topological polar surface area (TPSA) is 30.5 Å². The molecule has 0 radical (unpaired) electrons. The number of hydrogen-bond acceptors (Lipinski definition) is 3. The second-order valence-corrected chi connectivity index (χ2v) is 4.54. The molecule has 0 bridgehead atoms. The third kappa shape index (κ3) is 5.83. The fourth-order valence-corrected chi connectivity index (χ4v) is 2.08. The summed E-state index contributed by atoms with van der Waals surface area (Å²) < 4.78 is 11.1. The highest BCUT2D eigenvalue weighted by Crippen LogP contribution is 2.15. The van der Waals surface area contributed by atoms with Gasteiger partial charge in [0.15, 0.2) is 0 Å². The van der Waals surface area contributed by atoms with Crippen LogP contribution >= 0.6 is 0 Å². The molecule has 3 heteroatoms. The van der Waals surface area contributed by atoms with Crippen molar-refractivity contribution >= 4 is 0 Å². The predicted molar refractivity (Wildman–Crippen MR) is 66.8 cm³/mol. The van der Waals surface area contributed by atoms with E-state index in [1.54, 1.807) is 0 Å². The maximum atomic E-state index is 5.65. The van der Waals surface area contributed by atoms with E-state index in [-0.39, 0.29) is 0 Å². The van der Waals surface area contributed by atoms with Gasteiger partial charge in [-0.15, -0.1) is 0 Å². The number of nitrogens with one attached hydrogen (secondary N) is 1. The predicted octanol–water partition coefficient (Wildman–Crippen LogP) is 2.35. The van der Waals surface area contributed by atoms with Gasteiger partial charge in [0.1, 0.15) is 0 Å². The van der Waals surface area contributed by atoms with Gasteiger partial charge in [-0.2, -0.15) is 0 Å². The first kappa shape index (κ1) is 13.9. The maximum absolute atomic E-state index is 5.65. The van der Waals surface area contributed by atoms with Gasteiger partial charge in [0, 0.05) is 25.9 Å². The zero-order valence-corrected chi connectivity index (χ0v) is 10.8. The molecule has 2 atom stereocenters. The first-order chi connectivity index (χ1) is 7.86. The summed E-state index contributed by atoms with van der Waals surface area (Å²) in [5, 5.41) is 3.60. The van der Waals surface area contributed by atoms with E-state index in [1.165, 1.54) is 6.42 Å². The van der Waals surface area contributed by atoms with Crippen LogP contribution in [0.25, 0.3) is 0 Å². The Kier molecular flexibility index (Phi) is 7.81. The molecular formula is C13H27NO2. The Morgan fingerprint density at radius 1 is 1.31 bits per heavy atom. The normalized spacial score (nSPS) is 25.9. The van der Waals surface area contributed by atoms with Gasteiger partial charge >= 0.3 is 0 Å². The molecule has 0 aromatic heterocycles. The Bertz CT molecular complexity index is 164. The monoisotopic (exact) mass is 229 g/mol. The van der Waals surface area contributed by atoms with E-state index in [0.29, 0.717) is 12.1 Å². The molecule has 1 N–H and O–H groups in total. The minimum atomic E-state index is 0.475. The lowest BCUT2D eigenvalue weighted by molar-refractivity contribution is -0.000321. The zero-order valence-electron chi connectivity index (χ0n) is 10.8. The van der Waals surface area contributed by atoms with Crippen LogP contribution in [0.15, 0.2) is 0 Å². The second-order valence-electron chi connectivity index (χ2n) is 4.54. The lowest BCUT2D eigenvalue weighted by atomic mass is 10.0. The summed E-state index contributed by atoms with van der Waals surface area (Å²) in [7, 11) is 0. The van der Waals surface area contributed by atoms with Gasteiger partial charge in [-0.3, -0.25) is 0 Å². The fourth-order valence-electron chi connectivity index (χ4n) is 2.08. The van der Waals surface area contributed by atoms with Crippen molar-refractivity contribution < 1.29 is 9.47 Å². The highest BCUT2D eigenvalue weighted by Gasteiger charge is 2.20. The smallest absolute Gasteiger partial charge is 0.0587 e. The SMILES string of the molecule is CCCOCCCNC1CCOC(CC)C1. The van der Waals surface area contributed by atoms with Crippen molar-refractivity contribution in [1.29, 1.82) is 0 Å². The fraction of sp³-hybridized carbons (Fsp3) is 1.00. The summed E-state index contributed by atoms with van der Waals surface area (Å²) in [5.74, 6) is 0. The van der Waals surface area contributed by atoms with Crippen molar-refractivity contribution in [3.8, 4) is 0 Å². The van der Waals surface area contributed by atoms with Crippen molar-refractivity contribution in [3.05, 3.63) is 0 Å². The van der Waals surface area contributed by atoms with Crippen LogP contribution in [-0.2, 0) is 9.47 Å². The third-order valence-electron chi connectivity index (χ3n) is 3.07. The summed E-state index contributed by atoms with van der Waals surface area (Å²) in [6.07, 6.45) is 6.18. The molecule has 0 aromatic rings. The highest BCUT2D eigenvalue weighted by atomic mass is 16.5. The second kappa shape index (κ2) is 8.97. The van der Waals surface area contributed by atoms with Crippen molar-refractivity contribution in [1.82, 2.24) is 5.32 Å². The summed E-state index contributed by atoms with van der Waals surface area (Å²) in [4.78, 5) is 0. The van der Waals surface area contributed by atoms with Crippen LogP contribution in [0.1, 0.15) is 46.0 Å². The number of rotatable bonds is 8. The molecule has 1 aliphatic rings. The molecular weight excluding hydrogens is 202 g/mol. The largest absolute Gasteiger partial charge is 0.381 e. The van der Waals surface area contributed by atoms with Crippen LogP contribution in [0.3, 0.4) is 0 Å². The van der Waals surface area contributed by atoms with Gasteiger partial charge in [0.25, 0.3) is 0 Å². The molecule has 1 heterocycles. The van der Waals surface area contributed by atoms with E-state index in [4.69, 9.17) is 9.47 Å². The van der Waals surface area contributed by atoms with Crippen LogP contribution in [0.2, 0.25) is 0 Å². The van der Waals surface area contributed by atoms with Crippen LogP contribution in [0.5, 0.6) is 0 Å². The average Bonchev–Trinajstić information content (AvgIpc) is 2.34. The standard InChI is InChI=1S/C13H27NO2/c1-3-8-15-9-5-7-14-12-6-10-16-13(4-2)11-12/h12-14H,3-11H2,1-2H3. The Hall–Kier alpha value is -0.120. The van der Waals surface area contributed by atoms with Gasteiger partial charge in [0.05, 0.1) is 6.10 Å². The summed E-state index contributed by atoms with van der Waals surface area (Å²) in [5.41, 5.74) is 0. The molecule has 0 spiro atoms. The van der Waals surface area contributed by atoms with Crippen LogP contribution in [0.4, 0.5) is 0 Å². The van der Waals surface area contributed by atoms with Gasteiger partial charge < -0.3 is 14.8 Å². The number of hydrogen-bond donors (Lipinski definition) is 1. The molecule has 1 saturated heterocycles. The van der Waals surface area contributed by atoms with E-state index in [0.717, 1.165) is 52.0 Å². The van der Waals surface area contributed by atoms with Crippen LogP contribution < -0.4 is 5.32 Å². The van der Waals surface area contributed by atoms with Gasteiger partial charge in [-0.05, 0) is 38.6 Å². The summed E-state index contributed by atoms with van der Waals surface area (Å²) in [6.45, 7) is 8.13. The third-order valence-corrected chi connectivity index (χ3v) is 3.07. The molecule has 0 aliphatic carbocycles. The molecule has 1 rings (SSSR count). The van der Waals surface area contributed by atoms with Gasteiger partial charge in [-0.1, -0.05) is 13.8 Å². The van der Waals surface area contributed by atoms with E-state index in [2.05, 4.69) is 19.2 Å². The van der Waals surface area contributed by atoms with E-state index in [9.17, 15) is 0 Å². The van der Waals surface area contributed by atoms with E-state index < -0.39 is 0 Å². The van der Waals surface area contributed by atoms with E-state index >= 15 is 0 Å². The average molecular weight is 229 g/mol.